The predicted octanol–water partition coefficient (Wildman–Crippen LogP) is 2.36. The van der Waals surface area contributed by atoms with Crippen LogP contribution < -0.4 is 9.47 Å². The molecule has 1 saturated carbocycles. The van der Waals surface area contributed by atoms with Gasteiger partial charge in [0.1, 0.15) is 11.5 Å². The van der Waals surface area contributed by atoms with Crippen molar-refractivity contribution in [2.45, 2.75) is 43.9 Å². The molecular weight excluding hydrogens is 240 g/mol. The van der Waals surface area contributed by atoms with Crippen molar-refractivity contribution in [3.05, 3.63) is 22.8 Å². The maximum absolute atomic E-state index is 9.82. The number of aliphatic hydroxyl groups is 1. The number of aryl methyl sites for hydroxylation is 1. The molecule has 0 amide bonds. The molecule has 2 aliphatic heterocycles. The van der Waals surface area contributed by atoms with Gasteiger partial charge in [0.25, 0.3) is 0 Å². The van der Waals surface area contributed by atoms with E-state index >= 15 is 0 Å². The maximum Gasteiger partial charge on any atom is 0.126 e. The smallest absolute Gasteiger partial charge is 0.126 e. The van der Waals surface area contributed by atoms with E-state index < -0.39 is 0 Å². The van der Waals surface area contributed by atoms with E-state index in [4.69, 9.17) is 9.47 Å². The molecule has 0 spiro atoms. The highest BCUT2D eigenvalue weighted by atomic mass is 16.5. The third-order valence-electron chi connectivity index (χ3n) is 4.78. The van der Waals surface area contributed by atoms with Crippen LogP contribution in [0.1, 0.15) is 42.4 Å². The molecule has 0 unspecified atom stereocenters. The highest BCUT2D eigenvalue weighted by Gasteiger charge is 2.48. The Morgan fingerprint density at radius 2 is 1.89 bits per heavy atom. The van der Waals surface area contributed by atoms with Crippen LogP contribution in [0, 0.1) is 0 Å². The van der Waals surface area contributed by atoms with Gasteiger partial charge in [-0.2, -0.15) is 0 Å². The van der Waals surface area contributed by atoms with Crippen molar-refractivity contribution < 1.29 is 14.6 Å². The Bertz CT molecular complexity index is 483. The van der Waals surface area contributed by atoms with E-state index in [1.165, 1.54) is 16.7 Å². The predicted molar refractivity (Wildman–Crippen MR) is 72.1 cm³/mol. The monoisotopic (exact) mass is 260 g/mol. The Balaban J connectivity index is 1.94. The molecular formula is C16H20O3. The van der Waals surface area contributed by atoms with Gasteiger partial charge in [-0.15, -0.1) is 0 Å². The van der Waals surface area contributed by atoms with Crippen LogP contribution in [0.25, 0.3) is 0 Å². The van der Waals surface area contributed by atoms with E-state index in [-0.39, 0.29) is 12.0 Å². The molecule has 1 N–H and O–H groups in total. The zero-order valence-electron chi connectivity index (χ0n) is 11.2. The number of hydrogen-bond donors (Lipinski definition) is 1. The Morgan fingerprint density at radius 1 is 1.11 bits per heavy atom. The van der Waals surface area contributed by atoms with Gasteiger partial charge in [-0.05, 0) is 50.2 Å². The lowest BCUT2D eigenvalue weighted by molar-refractivity contribution is 0.235. The molecule has 1 aliphatic carbocycles. The van der Waals surface area contributed by atoms with E-state index in [2.05, 4.69) is 6.07 Å². The SMILES string of the molecule is OCC1(c2c3c(cc4c2OCCC4)OCCC3)CC1. The average molecular weight is 260 g/mol. The van der Waals surface area contributed by atoms with Crippen molar-refractivity contribution in [1.29, 1.82) is 0 Å². The van der Waals surface area contributed by atoms with Crippen LogP contribution in [0.15, 0.2) is 6.07 Å². The van der Waals surface area contributed by atoms with Gasteiger partial charge in [-0.25, -0.2) is 0 Å². The second-order valence-electron chi connectivity index (χ2n) is 6.06. The molecule has 3 heteroatoms. The minimum Gasteiger partial charge on any atom is -0.493 e. The van der Waals surface area contributed by atoms with Crippen molar-refractivity contribution in [1.82, 2.24) is 0 Å². The van der Waals surface area contributed by atoms with Crippen LogP contribution in [0.2, 0.25) is 0 Å². The molecule has 1 aromatic rings. The third kappa shape index (κ3) is 1.68. The number of rotatable bonds is 2. The van der Waals surface area contributed by atoms with Crippen LogP contribution in [-0.4, -0.2) is 24.9 Å². The number of aliphatic hydroxyl groups excluding tert-OH is 1. The number of ether oxygens (including phenoxy) is 2. The summed E-state index contributed by atoms with van der Waals surface area (Å²) in [5, 5.41) is 9.82. The maximum atomic E-state index is 9.82. The Hall–Kier alpha value is -1.22. The first kappa shape index (κ1) is 11.6. The van der Waals surface area contributed by atoms with Gasteiger partial charge < -0.3 is 14.6 Å². The van der Waals surface area contributed by atoms with Crippen molar-refractivity contribution in [3.63, 3.8) is 0 Å². The average Bonchev–Trinajstić information content (AvgIpc) is 3.25. The van der Waals surface area contributed by atoms with Crippen molar-refractivity contribution in [2.24, 2.45) is 0 Å². The molecule has 0 saturated heterocycles. The molecule has 4 rings (SSSR count). The van der Waals surface area contributed by atoms with Gasteiger partial charge in [0, 0.05) is 16.5 Å². The minimum absolute atomic E-state index is 0.0343. The number of benzene rings is 1. The molecule has 102 valence electrons. The minimum atomic E-state index is -0.0343. The van der Waals surface area contributed by atoms with Gasteiger partial charge in [0.2, 0.25) is 0 Å². The standard InChI is InChI=1S/C16H20O3/c17-10-16(5-6-16)14-12-4-2-7-18-13(12)9-11-3-1-8-19-15(11)14/h9,17H,1-8,10H2. The summed E-state index contributed by atoms with van der Waals surface area (Å²) in [4.78, 5) is 0. The highest BCUT2D eigenvalue weighted by molar-refractivity contribution is 5.60. The highest BCUT2D eigenvalue weighted by Crippen LogP contribution is 2.56. The summed E-state index contributed by atoms with van der Waals surface area (Å²) in [6, 6.07) is 2.18. The first-order valence-electron chi connectivity index (χ1n) is 7.40. The largest absolute Gasteiger partial charge is 0.493 e. The van der Waals surface area contributed by atoms with E-state index in [1.807, 2.05) is 0 Å². The summed E-state index contributed by atoms with van der Waals surface area (Å²) >= 11 is 0. The number of fused-ring (bicyclic) bond motifs is 2. The molecule has 0 atom stereocenters. The normalized spacial score (nSPS) is 22.8. The Labute approximate surface area is 113 Å². The molecule has 3 aliphatic rings. The summed E-state index contributed by atoms with van der Waals surface area (Å²) in [6.45, 7) is 1.86. The molecule has 1 fully saturated rings. The second kappa shape index (κ2) is 4.14. The summed E-state index contributed by atoms with van der Waals surface area (Å²) < 4.78 is 11.8. The van der Waals surface area contributed by atoms with Gasteiger partial charge in [0.15, 0.2) is 0 Å². The molecule has 0 radical (unpaired) electrons. The molecule has 0 bridgehead atoms. The first-order valence-corrected chi connectivity index (χ1v) is 7.40. The fraction of sp³-hybridized carbons (Fsp3) is 0.625. The fourth-order valence-electron chi connectivity index (χ4n) is 3.53. The lowest BCUT2D eigenvalue weighted by Crippen LogP contribution is -2.23. The summed E-state index contributed by atoms with van der Waals surface area (Å²) in [7, 11) is 0. The number of hydrogen-bond acceptors (Lipinski definition) is 3. The molecule has 3 nitrogen and oxygen atoms in total. The summed E-state index contributed by atoms with van der Waals surface area (Å²) in [5.41, 5.74) is 3.83. The van der Waals surface area contributed by atoms with Crippen LogP contribution in [0.4, 0.5) is 0 Å². The lowest BCUT2D eigenvalue weighted by atomic mass is 9.84. The van der Waals surface area contributed by atoms with Crippen LogP contribution in [0.3, 0.4) is 0 Å². The second-order valence-corrected chi connectivity index (χ2v) is 6.06. The lowest BCUT2D eigenvalue weighted by Gasteiger charge is -2.30. The van der Waals surface area contributed by atoms with E-state index in [1.54, 1.807) is 0 Å². The van der Waals surface area contributed by atoms with Crippen LogP contribution in [-0.2, 0) is 18.3 Å². The van der Waals surface area contributed by atoms with Crippen molar-refractivity contribution in [2.75, 3.05) is 19.8 Å². The van der Waals surface area contributed by atoms with Gasteiger partial charge in [-0.1, -0.05) is 0 Å². The Kier molecular flexibility index (Phi) is 2.52. The van der Waals surface area contributed by atoms with Gasteiger partial charge in [-0.3, -0.25) is 0 Å². The summed E-state index contributed by atoms with van der Waals surface area (Å²) in [5.74, 6) is 2.12. The molecule has 1 aromatic carbocycles. The summed E-state index contributed by atoms with van der Waals surface area (Å²) in [6.07, 6.45) is 6.44. The van der Waals surface area contributed by atoms with E-state index in [0.717, 1.165) is 63.2 Å². The molecule has 2 heterocycles. The topological polar surface area (TPSA) is 38.7 Å². The van der Waals surface area contributed by atoms with Crippen molar-refractivity contribution >= 4 is 0 Å². The first-order chi connectivity index (χ1) is 9.34. The van der Waals surface area contributed by atoms with Gasteiger partial charge in [0.05, 0.1) is 19.8 Å². The zero-order valence-corrected chi connectivity index (χ0v) is 11.2. The Morgan fingerprint density at radius 3 is 2.68 bits per heavy atom. The molecule has 19 heavy (non-hydrogen) atoms. The third-order valence-corrected chi connectivity index (χ3v) is 4.78. The molecule has 0 aromatic heterocycles. The van der Waals surface area contributed by atoms with E-state index in [0.29, 0.717) is 0 Å². The van der Waals surface area contributed by atoms with Crippen LogP contribution >= 0.6 is 0 Å². The van der Waals surface area contributed by atoms with E-state index in [9.17, 15) is 5.11 Å². The zero-order chi connectivity index (χ0) is 12.9. The van der Waals surface area contributed by atoms with Crippen LogP contribution in [0.5, 0.6) is 11.5 Å². The fourth-order valence-corrected chi connectivity index (χ4v) is 3.53. The van der Waals surface area contributed by atoms with Crippen molar-refractivity contribution in [3.8, 4) is 11.5 Å². The quantitative estimate of drug-likeness (QED) is 0.887. The van der Waals surface area contributed by atoms with Gasteiger partial charge >= 0.3 is 0 Å².